The van der Waals surface area contributed by atoms with Gasteiger partial charge in [-0.1, -0.05) is 26.8 Å². The SMILES string of the molecule is CC(C)(C)Cc1cccc(C(=O)NO)n1. The summed E-state index contributed by atoms with van der Waals surface area (Å²) in [4.78, 5) is 15.3. The van der Waals surface area contributed by atoms with E-state index in [9.17, 15) is 4.79 Å². The van der Waals surface area contributed by atoms with Gasteiger partial charge in [0.15, 0.2) is 0 Å². The smallest absolute Gasteiger partial charge is 0.288 e. The van der Waals surface area contributed by atoms with E-state index in [0.717, 1.165) is 12.1 Å². The Hall–Kier alpha value is -1.42. The molecule has 1 heterocycles. The lowest BCUT2D eigenvalue weighted by atomic mass is 9.90. The summed E-state index contributed by atoms with van der Waals surface area (Å²) in [6, 6.07) is 5.20. The molecule has 4 heteroatoms. The molecule has 0 aliphatic rings. The third-order valence-corrected chi connectivity index (χ3v) is 1.85. The third-order valence-electron chi connectivity index (χ3n) is 1.85. The van der Waals surface area contributed by atoms with Gasteiger partial charge < -0.3 is 0 Å². The van der Waals surface area contributed by atoms with Gasteiger partial charge in [0.2, 0.25) is 0 Å². The van der Waals surface area contributed by atoms with Gasteiger partial charge in [0.1, 0.15) is 5.69 Å². The Labute approximate surface area is 89.3 Å². The molecule has 0 atom stereocenters. The largest absolute Gasteiger partial charge is 0.293 e. The standard InChI is InChI=1S/C11H16N2O2/c1-11(2,3)7-8-5-4-6-9(12-8)10(14)13-15/h4-6,15H,7H2,1-3H3,(H,13,14). The molecule has 1 rings (SSSR count). The molecular formula is C11H16N2O2. The minimum absolute atomic E-state index is 0.126. The molecular weight excluding hydrogens is 192 g/mol. The van der Waals surface area contributed by atoms with Crippen molar-refractivity contribution in [2.45, 2.75) is 27.2 Å². The van der Waals surface area contributed by atoms with Gasteiger partial charge in [-0.05, 0) is 24.0 Å². The number of aromatic nitrogens is 1. The van der Waals surface area contributed by atoms with Crippen molar-refractivity contribution in [1.82, 2.24) is 10.5 Å². The van der Waals surface area contributed by atoms with Gasteiger partial charge in [-0.15, -0.1) is 0 Å². The van der Waals surface area contributed by atoms with Crippen molar-refractivity contribution in [1.29, 1.82) is 0 Å². The lowest BCUT2D eigenvalue weighted by molar-refractivity contribution is 0.0700. The second kappa shape index (κ2) is 4.40. The van der Waals surface area contributed by atoms with Crippen LogP contribution < -0.4 is 5.48 Å². The number of carbonyl (C=O) groups excluding carboxylic acids is 1. The summed E-state index contributed by atoms with van der Waals surface area (Å²) in [5.41, 5.74) is 2.78. The quantitative estimate of drug-likeness (QED) is 0.575. The highest BCUT2D eigenvalue weighted by molar-refractivity contribution is 5.91. The van der Waals surface area contributed by atoms with Gasteiger partial charge in [-0.25, -0.2) is 10.5 Å². The van der Waals surface area contributed by atoms with E-state index in [1.165, 1.54) is 0 Å². The lowest BCUT2D eigenvalue weighted by Crippen LogP contribution is -2.21. The molecule has 0 aliphatic carbocycles. The van der Waals surface area contributed by atoms with Crippen molar-refractivity contribution in [3.63, 3.8) is 0 Å². The Morgan fingerprint density at radius 3 is 2.67 bits per heavy atom. The molecule has 0 radical (unpaired) electrons. The minimum Gasteiger partial charge on any atom is -0.288 e. The van der Waals surface area contributed by atoms with Crippen LogP contribution in [0.2, 0.25) is 0 Å². The molecule has 82 valence electrons. The summed E-state index contributed by atoms with van der Waals surface area (Å²) in [6.07, 6.45) is 0.791. The Kier molecular flexibility index (Phi) is 3.42. The molecule has 15 heavy (non-hydrogen) atoms. The Morgan fingerprint density at radius 2 is 2.13 bits per heavy atom. The summed E-state index contributed by atoms with van der Waals surface area (Å²) in [6.45, 7) is 6.31. The van der Waals surface area contributed by atoms with Crippen molar-refractivity contribution >= 4 is 5.91 Å². The molecule has 1 amide bonds. The fourth-order valence-electron chi connectivity index (χ4n) is 1.31. The molecule has 1 aromatic heterocycles. The maximum absolute atomic E-state index is 11.1. The van der Waals surface area contributed by atoms with Crippen molar-refractivity contribution in [2.75, 3.05) is 0 Å². The van der Waals surface area contributed by atoms with Crippen LogP contribution in [-0.4, -0.2) is 16.1 Å². The maximum atomic E-state index is 11.1. The number of pyridine rings is 1. The summed E-state index contributed by atoms with van der Waals surface area (Å²) in [7, 11) is 0. The third kappa shape index (κ3) is 3.67. The van der Waals surface area contributed by atoms with Crippen LogP contribution in [0, 0.1) is 5.41 Å². The number of hydrogen-bond acceptors (Lipinski definition) is 3. The van der Waals surface area contributed by atoms with Crippen molar-refractivity contribution in [3.05, 3.63) is 29.6 Å². The molecule has 2 N–H and O–H groups in total. The number of rotatable bonds is 2. The molecule has 0 spiro atoms. The Morgan fingerprint density at radius 1 is 1.47 bits per heavy atom. The molecule has 0 aromatic carbocycles. The second-order valence-corrected chi connectivity index (χ2v) is 4.69. The first kappa shape index (κ1) is 11.7. The fourth-order valence-corrected chi connectivity index (χ4v) is 1.31. The van der Waals surface area contributed by atoms with Crippen LogP contribution in [0.1, 0.15) is 37.0 Å². The van der Waals surface area contributed by atoms with Crippen molar-refractivity contribution in [2.24, 2.45) is 5.41 Å². The van der Waals surface area contributed by atoms with E-state index < -0.39 is 5.91 Å². The summed E-state index contributed by atoms with van der Waals surface area (Å²) in [5.74, 6) is -0.578. The van der Waals surface area contributed by atoms with E-state index >= 15 is 0 Å². The average molecular weight is 208 g/mol. The predicted octanol–water partition coefficient (Wildman–Crippen LogP) is 1.79. The fraction of sp³-hybridized carbons (Fsp3) is 0.455. The van der Waals surface area contributed by atoms with E-state index in [2.05, 4.69) is 25.8 Å². The number of nitrogens with zero attached hydrogens (tertiary/aromatic N) is 1. The molecule has 0 unspecified atom stereocenters. The van der Waals surface area contributed by atoms with Crippen LogP contribution >= 0.6 is 0 Å². The molecule has 0 saturated carbocycles. The number of amides is 1. The first-order chi connectivity index (χ1) is 6.92. The number of hydroxylamine groups is 1. The van der Waals surface area contributed by atoms with Crippen LogP contribution in [0.15, 0.2) is 18.2 Å². The van der Waals surface area contributed by atoms with Gasteiger partial charge in [0, 0.05) is 5.69 Å². The monoisotopic (exact) mass is 208 g/mol. The average Bonchev–Trinajstić information content (AvgIpc) is 2.14. The molecule has 4 nitrogen and oxygen atoms in total. The zero-order valence-corrected chi connectivity index (χ0v) is 9.24. The topological polar surface area (TPSA) is 62.2 Å². The van der Waals surface area contributed by atoms with E-state index in [-0.39, 0.29) is 11.1 Å². The highest BCUT2D eigenvalue weighted by Gasteiger charge is 2.13. The van der Waals surface area contributed by atoms with Crippen LogP contribution in [0.5, 0.6) is 0 Å². The highest BCUT2D eigenvalue weighted by Crippen LogP contribution is 2.19. The van der Waals surface area contributed by atoms with Gasteiger partial charge in [0.25, 0.3) is 5.91 Å². The molecule has 0 saturated heterocycles. The summed E-state index contributed by atoms with van der Waals surface area (Å²) in [5, 5.41) is 8.47. The number of nitrogens with one attached hydrogen (secondary N) is 1. The van der Waals surface area contributed by atoms with Crippen molar-refractivity contribution in [3.8, 4) is 0 Å². The van der Waals surface area contributed by atoms with Gasteiger partial charge in [-0.2, -0.15) is 0 Å². The maximum Gasteiger partial charge on any atom is 0.293 e. The normalized spacial score (nSPS) is 11.2. The van der Waals surface area contributed by atoms with E-state index in [1.807, 2.05) is 6.07 Å². The zero-order chi connectivity index (χ0) is 11.5. The van der Waals surface area contributed by atoms with Crippen LogP contribution in [-0.2, 0) is 6.42 Å². The molecule has 0 aliphatic heterocycles. The Balaban J connectivity index is 2.88. The van der Waals surface area contributed by atoms with Crippen LogP contribution in [0.25, 0.3) is 0 Å². The van der Waals surface area contributed by atoms with E-state index in [1.54, 1.807) is 17.6 Å². The minimum atomic E-state index is -0.578. The van der Waals surface area contributed by atoms with Gasteiger partial charge in [0.05, 0.1) is 0 Å². The van der Waals surface area contributed by atoms with Crippen LogP contribution in [0.4, 0.5) is 0 Å². The molecule has 0 bridgehead atoms. The first-order valence-electron chi connectivity index (χ1n) is 4.83. The Bertz CT molecular complexity index is 356. The lowest BCUT2D eigenvalue weighted by Gasteiger charge is -2.17. The van der Waals surface area contributed by atoms with Gasteiger partial charge >= 0.3 is 0 Å². The predicted molar refractivity (Wildman–Crippen MR) is 56.6 cm³/mol. The number of hydrogen-bond donors (Lipinski definition) is 2. The van der Waals surface area contributed by atoms with E-state index in [0.29, 0.717) is 0 Å². The second-order valence-electron chi connectivity index (χ2n) is 4.69. The van der Waals surface area contributed by atoms with E-state index in [4.69, 9.17) is 5.21 Å². The number of carbonyl (C=O) groups is 1. The summed E-state index contributed by atoms with van der Waals surface area (Å²) < 4.78 is 0. The molecule has 1 aromatic rings. The summed E-state index contributed by atoms with van der Waals surface area (Å²) >= 11 is 0. The van der Waals surface area contributed by atoms with Crippen LogP contribution in [0.3, 0.4) is 0 Å². The van der Waals surface area contributed by atoms with Crippen molar-refractivity contribution < 1.29 is 10.0 Å². The molecule has 0 fully saturated rings. The first-order valence-corrected chi connectivity index (χ1v) is 4.83. The highest BCUT2D eigenvalue weighted by atomic mass is 16.5. The van der Waals surface area contributed by atoms with Gasteiger partial charge in [-0.3, -0.25) is 10.0 Å². The zero-order valence-electron chi connectivity index (χ0n) is 9.24.